The Hall–Kier alpha value is -2.19. The molecule has 1 fully saturated rings. The van der Waals surface area contributed by atoms with Gasteiger partial charge in [0.25, 0.3) is 0 Å². The number of thioether (sulfide) groups is 1. The number of aromatic nitrogens is 5. The summed E-state index contributed by atoms with van der Waals surface area (Å²) in [6.45, 7) is 9.29. The Morgan fingerprint density at radius 3 is 2.50 bits per heavy atom. The zero-order chi connectivity index (χ0) is 19.6. The highest BCUT2D eigenvalue weighted by Gasteiger charge is 2.22. The van der Waals surface area contributed by atoms with Crippen molar-refractivity contribution >= 4 is 11.8 Å². The van der Waals surface area contributed by atoms with Gasteiger partial charge in [0.05, 0.1) is 12.3 Å². The zero-order valence-corrected chi connectivity index (χ0v) is 17.4. The molecule has 3 aromatic rings. The number of nitrogens with zero attached hydrogens (tertiary/aromatic N) is 6. The third-order valence-electron chi connectivity index (χ3n) is 4.74. The van der Waals surface area contributed by atoms with E-state index in [1.165, 1.54) is 12.8 Å². The molecule has 148 valence electrons. The van der Waals surface area contributed by atoms with Crippen molar-refractivity contribution in [3.8, 4) is 5.69 Å². The number of para-hydroxylation sites is 1. The third-order valence-corrected chi connectivity index (χ3v) is 5.66. The molecule has 0 amide bonds. The molecule has 1 aromatic carbocycles. The maximum absolute atomic E-state index is 5.43. The van der Waals surface area contributed by atoms with Gasteiger partial charge in [0.1, 0.15) is 0 Å². The number of hydrogen-bond acceptors (Lipinski definition) is 7. The predicted molar refractivity (Wildman–Crippen MR) is 108 cm³/mol. The lowest BCUT2D eigenvalue weighted by Crippen LogP contribution is -2.21. The van der Waals surface area contributed by atoms with Gasteiger partial charge in [-0.15, -0.1) is 10.2 Å². The molecule has 0 radical (unpaired) electrons. The van der Waals surface area contributed by atoms with Gasteiger partial charge < -0.3 is 4.52 Å². The molecule has 7 nitrogen and oxygen atoms in total. The molecule has 0 bridgehead atoms. The van der Waals surface area contributed by atoms with Crippen molar-refractivity contribution in [1.82, 2.24) is 29.8 Å². The summed E-state index contributed by atoms with van der Waals surface area (Å²) in [4.78, 5) is 6.96. The van der Waals surface area contributed by atoms with Crippen molar-refractivity contribution in [2.24, 2.45) is 0 Å². The molecule has 3 heterocycles. The average Bonchev–Trinajstić information content (AvgIpc) is 3.42. The number of likely N-dealkylation sites (tertiary alicyclic amines) is 1. The minimum Gasteiger partial charge on any atom is -0.338 e. The Morgan fingerprint density at radius 1 is 1.07 bits per heavy atom. The van der Waals surface area contributed by atoms with Crippen LogP contribution in [0.5, 0.6) is 0 Å². The molecule has 1 aliphatic heterocycles. The lowest BCUT2D eigenvalue weighted by atomic mass is 9.96. The van der Waals surface area contributed by atoms with E-state index in [1.807, 2.05) is 18.2 Å². The first kappa shape index (κ1) is 19.1. The molecule has 0 saturated carbocycles. The van der Waals surface area contributed by atoms with E-state index in [4.69, 9.17) is 4.52 Å². The van der Waals surface area contributed by atoms with Crippen LogP contribution in [0.25, 0.3) is 5.69 Å². The Morgan fingerprint density at radius 2 is 1.82 bits per heavy atom. The molecular weight excluding hydrogens is 372 g/mol. The minimum absolute atomic E-state index is 0.126. The van der Waals surface area contributed by atoms with E-state index in [-0.39, 0.29) is 5.41 Å². The normalized spacial score (nSPS) is 15.4. The minimum atomic E-state index is -0.126. The van der Waals surface area contributed by atoms with Gasteiger partial charge in [-0.2, -0.15) is 4.98 Å². The Balaban J connectivity index is 1.56. The first-order chi connectivity index (χ1) is 13.5. The topological polar surface area (TPSA) is 72.9 Å². The average molecular weight is 399 g/mol. The molecule has 0 N–H and O–H groups in total. The second kappa shape index (κ2) is 8.05. The molecule has 28 heavy (non-hydrogen) atoms. The van der Waals surface area contributed by atoms with Gasteiger partial charge in [-0.05, 0) is 38.1 Å². The smallest absolute Gasteiger partial charge is 0.237 e. The van der Waals surface area contributed by atoms with Crippen molar-refractivity contribution in [2.75, 3.05) is 13.1 Å². The van der Waals surface area contributed by atoms with Crippen LogP contribution in [0.15, 0.2) is 40.0 Å². The lowest BCUT2D eigenvalue weighted by Gasteiger charge is -2.15. The van der Waals surface area contributed by atoms with Gasteiger partial charge in [0.15, 0.2) is 16.8 Å². The van der Waals surface area contributed by atoms with Crippen LogP contribution in [0, 0.1) is 0 Å². The predicted octanol–water partition coefficient (Wildman–Crippen LogP) is 3.84. The molecule has 8 heteroatoms. The van der Waals surface area contributed by atoms with Crippen molar-refractivity contribution < 1.29 is 4.52 Å². The Bertz CT molecular complexity index is 908. The fraction of sp³-hybridized carbons (Fsp3) is 0.500. The van der Waals surface area contributed by atoms with Crippen molar-refractivity contribution in [3.63, 3.8) is 0 Å². The van der Waals surface area contributed by atoms with Gasteiger partial charge in [0, 0.05) is 11.1 Å². The highest BCUT2D eigenvalue weighted by Crippen LogP contribution is 2.27. The van der Waals surface area contributed by atoms with Crippen LogP contribution < -0.4 is 0 Å². The summed E-state index contributed by atoms with van der Waals surface area (Å²) in [6.07, 6.45) is 2.52. The second-order valence-corrected chi connectivity index (χ2v) is 9.05. The SMILES string of the molecule is CC(C)(C)c1noc(CSc2nnc(CN3CCCC3)n2-c2ccccc2)n1. The Kier molecular flexibility index (Phi) is 5.50. The first-order valence-electron chi connectivity index (χ1n) is 9.68. The van der Waals surface area contributed by atoms with Gasteiger partial charge in [-0.3, -0.25) is 9.47 Å². The van der Waals surface area contributed by atoms with Gasteiger partial charge in [0.2, 0.25) is 5.89 Å². The fourth-order valence-corrected chi connectivity index (χ4v) is 4.03. The highest BCUT2D eigenvalue weighted by molar-refractivity contribution is 7.98. The van der Waals surface area contributed by atoms with Crippen molar-refractivity contribution in [3.05, 3.63) is 47.9 Å². The van der Waals surface area contributed by atoms with Gasteiger partial charge in [-0.25, -0.2) is 0 Å². The maximum atomic E-state index is 5.43. The maximum Gasteiger partial charge on any atom is 0.237 e. The molecule has 1 saturated heterocycles. The van der Waals surface area contributed by atoms with E-state index in [1.54, 1.807) is 11.8 Å². The quantitative estimate of drug-likeness (QED) is 0.584. The molecule has 0 unspecified atom stereocenters. The number of rotatable bonds is 6. The molecule has 4 rings (SSSR count). The van der Waals surface area contributed by atoms with Crippen LogP contribution in [0.2, 0.25) is 0 Å². The number of hydrogen-bond donors (Lipinski definition) is 0. The number of benzene rings is 1. The summed E-state index contributed by atoms with van der Waals surface area (Å²) in [7, 11) is 0. The zero-order valence-electron chi connectivity index (χ0n) is 16.6. The van der Waals surface area contributed by atoms with E-state index < -0.39 is 0 Å². The van der Waals surface area contributed by atoms with E-state index in [2.05, 4.69) is 62.7 Å². The largest absolute Gasteiger partial charge is 0.338 e. The van der Waals surface area contributed by atoms with E-state index in [0.717, 1.165) is 42.1 Å². The molecule has 0 spiro atoms. The second-order valence-electron chi connectivity index (χ2n) is 8.10. The van der Waals surface area contributed by atoms with Crippen LogP contribution in [-0.2, 0) is 17.7 Å². The standard InChI is InChI=1S/C20H26N6OS/c1-20(2,3)18-21-17(27-24-18)14-28-19-23-22-16(13-25-11-7-8-12-25)26(19)15-9-5-4-6-10-15/h4-6,9-10H,7-8,11-14H2,1-3H3. The molecule has 0 atom stereocenters. The highest BCUT2D eigenvalue weighted by atomic mass is 32.2. The van der Waals surface area contributed by atoms with Crippen molar-refractivity contribution in [1.29, 1.82) is 0 Å². The lowest BCUT2D eigenvalue weighted by molar-refractivity contribution is 0.319. The van der Waals surface area contributed by atoms with Crippen LogP contribution in [-0.4, -0.2) is 42.9 Å². The monoisotopic (exact) mass is 398 g/mol. The third kappa shape index (κ3) is 4.28. The summed E-state index contributed by atoms with van der Waals surface area (Å²) < 4.78 is 7.57. The van der Waals surface area contributed by atoms with Crippen molar-refractivity contribution in [2.45, 2.75) is 56.5 Å². The summed E-state index contributed by atoms with van der Waals surface area (Å²) in [5.74, 6) is 2.87. The first-order valence-corrected chi connectivity index (χ1v) is 10.7. The molecule has 2 aromatic heterocycles. The summed E-state index contributed by atoms with van der Waals surface area (Å²) in [6, 6.07) is 10.3. The summed E-state index contributed by atoms with van der Waals surface area (Å²) in [5.41, 5.74) is 0.949. The summed E-state index contributed by atoms with van der Waals surface area (Å²) >= 11 is 1.57. The molecular formula is C20H26N6OS. The van der Waals surface area contributed by atoms with E-state index >= 15 is 0 Å². The van der Waals surface area contributed by atoms with Gasteiger partial charge >= 0.3 is 0 Å². The van der Waals surface area contributed by atoms with Crippen LogP contribution in [0.1, 0.15) is 51.2 Å². The molecule has 0 aliphatic carbocycles. The van der Waals surface area contributed by atoms with Crippen LogP contribution in [0.3, 0.4) is 0 Å². The van der Waals surface area contributed by atoms with Crippen LogP contribution >= 0.6 is 11.8 Å². The van der Waals surface area contributed by atoms with E-state index in [9.17, 15) is 0 Å². The summed E-state index contributed by atoms with van der Waals surface area (Å²) in [5, 5.41) is 13.9. The fourth-order valence-electron chi connectivity index (χ4n) is 3.22. The van der Waals surface area contributed by atoms with Gasteiger partial charge in [-0.1, -0.05) is 55.9 Å². The molecule has 1 aliphatic rings. The van der Waals surface area contributed by atoms with Crippen LogP contribution in [0.4, 0.5) is 0 Å². The van der Waals surface area contributed by atoms with E-state index in [0.29, 0.717) is 11.6 Å². The Labute approximate surface area is 169 Å².